The van der Waals surface area contributed by atoms with Gasteiger partial charge in [-0.2, -0.15) is 0 Å². The summed E-state index contributed by atoms with van der Waals surface area (Å²) in [4.78, 5) is 42.7. The average Bonchev–Trinajstić information content (AvgIpc) is 2.93. The molecule has 0 aliphatic carbocycles. The standard InChI is InChI=1S/C12H15N3O7S/c1-12(2,9(18)20-3)22-15-7(8(16)17)6-5-23-10(13-6)14-11(19)21-4/h5H,1-4H3,(H,16,17)(H,13,14,19). The van der Waals surface area contributed by atoms with E-state index in [9.17, 15) is 19.5 Å². The Balaban J connectivity index is 2.99. The summed E-state index contributed by atoms with van der Waals surface area (Å²) in [7, 11) is 2.34. The van der Waals surface area contributed by atoms with Crippen molar-refractivity contribution in [2.24, 2.45) is 5.16 Å². The number of rotatable bonds is 6. The van der Waals surface area contributed by atoms with E-state index in [-0.39, 0.29) is 10.8 Å². The van der Waals surface area contributed by atoms with Crippen LogP contribution in [0.3, 0.4) is 0 Å². The lowest BCUT2D eigenvalue weighted by Crippen LogP contribution is -2.35. The molecule has 0 atom stereocenters. The van der Waals surface area contributed by atoms with Crippen molar-refractivity contribution in [2.75, 3.05) is 19.5 Å². The molecule has 126 valence electrons. The molecule has 0 bridgehead atoms. The van der Waals surface area contributed by atoms with Gasteiger partial charge in [-0.3, -0.25) is 5.32 Å². The van der Waals surface area contributed by atoms with Crippen molar-refractivity contribution in [3.8, 4) is 0 Å². The van der Waals surface area contributed by atoms with E-state index in [1.807, 2.05) is 0 Å². The predicted molar refractivity (Wildman–Crippen MR) is 79.5 cm³/mol. The van der Waals surface area contributed by atoms with Crippen LogP contribution in [0.4, 0.5) is 9.93 Å². The number of esters is 1. The number of amides is 1. The molecule has 0 unspecified atom stereocenters. The van der Waals surface area contributed by atoms with E-state index in [0.29, 0.717) is 0 Å². The fraction of sp³-hybridized carbons (Fsp3) is 0.417. The van der Waals surface area contributed by atoms with E-state index in [2.05, 4.69) is 24.9 Å². The van der Waals surface area contributed by atoms with Gasteiger partial charge in [0.25, 0.3) is 0 Å². The molecule has 0 fully saturated rings. The van der Waals surface area contributed by atoms with Gasteiger partial charge in [0.2, 0.25) is 11.3 Å². The zero-order valence-electron chi connectivity index (χ0n) is 12.8. The van der Waals surface area contributed by atoms with Gasteiger partial charge in [-0.1, -0.05) is 5.16 Å². The molecule has 1 heterocycles. The lowest BCUT2D eigenvalue weighted by molar-refractivity contribution is -0.165. The van der Waals surface area contributed by atoms with Gasteiger partial charge >= 0.3 is 18.0 Å². The quantitative estimate of drug-likeness (QED) is 0.444. The van der Waals surface area contributed by atoms with Crippen LogP contribution in [0.1, 0.15) is 19.5 Å². The lowest BCUT2D eigenvalue weighted by Gasteiger charge is -2.18. The van der Waals surface area contributed by atoms with Crippen molar-refractivity contribution in [1.29, 1.82) is 0 Å². The third-order valence-electron chi connectivity index (χ3n) is 2.39. The smallest absolute Gasteiger partial charge is 0.413 e. The highest BCUT2D eigenvalue weighted by atomic mass is 32.1. The molecular formula is C12H15N3O7S. The van der Waals surface area contributed by atoms with Crippen molar-refractivity contribution in [1.82, 2.24) is 4.98 Å². The molecule has 1 amide bonds. The van der Waals surface area contributed by atoms with Gasteiger partial charge in [0.15, 0.2) is 5.13 Å². The van der Waals surface area contributed by atoms with Crippen LogP contribution < -0.4 is 5.32 Å². The predicted octanol–water partition coefficient (Wildman–Crippen LogP) is 1.08. The number of hydrogen-bond acceptors (Lipinski definition) is 9. The van der Waals surface area contributed by atoms with Gasteiger partial charge in [-0.25, -0.2) is 19.4 Å². The Labute approximate surface area is 135 Å². The van der Waals surface area contributed by atoms with E-state index >= 15 is 0 Å². The number of anilines is 1. The van der Waals surface area contributed by atoms with Crippen LogP contribution in [0.25, 0.3) is 0 Å². The first-order chi connectivity index (χ1) is 10.7. The number of carbonyl (C=O) groups excluding carboxylic acids is 2. The Hall–Kier alpha value is -2.69. The molecule has 0 saturated carbocycles. The Bertz CT molecular complexity index is 638. The van der Waals surface area contributed by atoms with Gasteiger partial charge in [0.05, 0.1) is 14.2 Å². The van der Waals surface area contributed by atoms with E-state index < -0.39 is 29.3 Å². The zero-order chi connectivity index (χ0) is 17.6. The highest BCUT2D eigenvalue weighted by Gasteiger charge is 2.32. The van der Waals surface area contributed by atoms with Crippen molar-refractivity contribution in [2.45, 2.75) is 19.4 Å². The molecule has 0 aliphatic rings. The summed E-state index contributed by atoms with van der Waals surface area (Å²) in [5.74, 6) is -2.14. The molecule has 1 aromatic rings. The Morgan fingerprint density at radius 3 is 2.48 bits per heavy atom. The fourth-order valence-electron chi connectivity index (χ4n) is 1.22. The molecular weight excluding hydrogens is 330 g/mol. The maximum Gasteiger partial charge on any atom is 0.413 e. The number of thiazole rings is 1. The highest BCUT2D eigenvalue weighted by molar-refractivity contribution is 7.14. The minimum absolute atomic E-state index is 0.0467. The molecule has 2 N–H and O–H groups in total. The van der Waals surface area contributed by atoms with Crippen LogP contribution >= 0.6 is 11.3 Å². The number of hydrogen-bond donors (Lipinski definition) is 2. The maximum absolute atomic E-state index is 11.5. The maximum atomic E-state index is 11.5. The summed E-state index contributed by atoms with van der Waals surface area (Å²) in [6.07, 6.45) is -0.747. The number of ether oxygens (including phenoxy) is 2. The molecule has 1 aromatic heterocycles. The molecule has 0 saturated heterocycles. The monoisotopic (exact) mass is 345 g/mol. The molecule has 0 aromatic carbocycles. The van der Waals surface area contributed by atoms with Gasteiger partial charge in [0, 0.05) is 5.38 Å². The number of nitrogens with zero attached hydrogens (tertiary/aromatic N) is 2. The molecule has 23 heavy (non-hydrogen) atoms. The normalized spacial score (nSPS) is 11.6. The SMILES string of the molecule is COC(=O)Nc1nc(C(=NOC(C)(C)C(=O)OC)C(=O)O)cs1. The Morgan fingerprint density at radius 1 is 1.30 bits per heavy atom. The van der Waals surface area contributed by atoms with Crippen LogP contribution in [-0.2, 0) is 23.9 Å². The van der Waals surface area contributed by atoms with Crippen LogP contribution in [0.2, 0.25) is 0 Å². The number of carboxylic acid groups (broad SMARTS) is 1. The first kappa shape index (κ1) is 18.4. The first-order valence-corrected chi connectivity index (χ1v) is 6.98. The highest BCUT2D eigenvalue weighted by Crippen LogP contribution is 2.18. The Morgan fingerprint density at radius 2 is 1.96 bits per heavy atom. The molecule has 10 nitrogen and oxygen atoms in total. The van der Waals surface area contributed by atoms with Crippen LogP contribution in [-0.4, -0.2) is 53.7 Å². The number of carboxylic acids is 1. The second kappa shape index (κ2) is 7.54. The van der Waals surface area contributed by atoms with E-state index in [0.717, 1.165) is 11.3 Å². The van der Waals surface area contributed by atoms with Crippen molar-refractivity contribution in [3.05, 3.63) is 11.1 Å². The van der Waals surface area contributed by atoms with Crippen LogP contribution in [0.15, 0.2) is 10.5 Å². The molecule has 11 heteroatoms. The molecule has 0 spiro atoms. The summed E-state index contributed by atoms with van der Waals surface area (Å²) in [6, 6.07) is 0. The summed E-state index contributed by atoms with van der Waals surface area (Å²) < 4.78 is 8.91. The number of aliphatic carboxylic acids is 1. The summed E-state index contributed by atoms with van der Waals surface area (Å²) in [5, 5.41) is 16.4. The van der Waals surface area contributed by atoms with Gasteiger partial charge in [-0.05, 0) is 13.8 Å². The molecule has 1 rings (SSSR count). The molecule has 0 radical (unpaired) electrons. The number of oxime groups is 1. The van der Waals surface area contributed by atoms with Gasteiger partial charge in [0.1, 0.15) is 5.69 Å². The summed E-state index contributed by atoms with van der Waals surface area (Å²) >= 11 is 0.969. The second-order valence-electron chi connectivity index (χ2n) is 4.49. The minimum Gasteiger partial charge on any atom is -0.476 e. The van der Waals surface area contributed by atoms with Crippen molar-refractivity contribution in [3.63, 3.8) is 0 Å². The largest absolute Gasteiger partial charge is 0.476 e. The van der Waals surface area contributed by atoms with Gasteiger partial charge in [-0.15, -0.1) is 11.3 Å². The molecule has 0 aliphatic heterocycles. The number of carbonyl (C=O) groups is 3. The lowest BCUT2D eigenvalue weighted by atomic mass is 10.1. The van der Waals surface area contributed by atoms with E-state index in [1.165, 1.54) is 33.4 Å². The topological polar surface area (TPSA) is 136 Å². The van der Waals surface area contributed by atoms with Crippen LogP contribution in [0, 0.1) is 0 Å². The Kier molecular flexibility index (Phi) is 6.02. The van der Waals surface area contributed by atoms with Gasteiger partial charge < -0.3 is 19.4 Å². The summed E-state index contributed by atoms with van der Waals surface area (Å²) in [6.45, 7) is 2.74. The number of aromatic nitrogens is 1. The van der Waals surface area contributed by atoms with E-state index in [1.54, 1.807) is 0 Å². The summed E-state index contributed by atoms with van der Waals surface area (Å²) in [5.41, 5.74) is -2.05. The third kappa shape index (κ3) is 4.92. The zero-order valence-corrected chi connectivity index (χ0v) is 13.6. The second-order valence-corrected chi connectivity index (χ2v) is 5.35. The fourth-order valence-corrected chi connectivity index (χ4v) is 1.90. The minimum atomic E-state index is -1.47. The number of methoxy groups -OCH3 is 2. The van der Waals surface area contributed by atoms with Crippen LogP contribution in [0.5, 0.6) is 0 Å². The average molecular weight is 345 g/mol. The van der Waals surface area contributed by atoms with E-state index in [4.69, 9.17) is 4.84 Å². The first-order valence-electron chi connectivity index (χ1n) is 6.10. The number of nitrogens with one attached hydrogen (secondary N) is 1. The van der Waals surface area contributed by atoms with Crippen molar-refractivity contribution < 1.29 is 33.8 Å². The third-order valence-corrected chi connectivity index (χ3v) is 3.14. The van der Waals surface area contributed by atoms with Crippen molar-refractivity contribution >= 4 is 40.2 Å².